The van der Waals surface area contributed by atoms with E-state index < -0.39 is 0 Å². The summed E-state index contributed by atoms with van der Waals surface area (Å²) in [6.07, 6.45) is 8.47. The molecule has 0 spiro atoms. The summed E-state index contributed by atoms with van der Waals surface area (Å²) in [4.78, 5) is 18.5. The number of rotatable bonds is 4. The second-order valence-corrected chi connectivity index (χ2v) is 6.47. The minimum Gasteiger partial charge on any atom is -0.328 e. The Hall–Kier alpha value is -2.44. The van der Waals surface area contributed by atoms with Crippen molar-refractivity contribution in [2.45, 2.75) is 32.2 Å². The summed E-state index contributed by atoms with van der Waals surface area (Å²) >= 11 is 0. The van der Waals surface area contributed by atoms with Crippen molar-refractivity contribution in [3.05, 3.63) is 42.2 Å². The molecular formula is C17H24N6O. The average molecular weight is 328 g/mol. The molecule has 1 saturated heterocycles. The normalized spacial score (nSPS) is 16.8. The third-order valence-electron chi connectivity index (χ3n) is 4.62. The average Bonchev–Trinajstić information content (AvgIpc) is 3.02. The van der Waals surface area contributed by atoms with Gasteiger partial charge in [-0.1, -0.05) is 6.07 Å². The third kappa shape index (κ3) is 3.90. The number of hydrogen-bond acceptors (Lipinski definition) is 4. The Labute approximate surface area is 142 Å². The predicted molar refractivity (Wildman–Crippen MR) is 90.2 cm³/mol. The molecule has 1 N–H and O–H groups in total. The van der Waals surface area contributed by atoms with Crippen LogP contribution in [0.4, 0.5) is 4.79 Å². The van der Waals surface area contributed by atoms with Crippen LogP contribution < -0.4 is 5.32 Å². The van der Waals surface area contributed by atoms with Crippen LogP contribution in [0.5, 0.6) is 0 Å². The van der Waals surface area contributed by atoms with Gasteiger partial charge in [-0.15, -0.1) is 10.2 Å². The molecule has 0 bridgehead atoms. The van der Waals surface area contributed by atoms with Crippen LogP contribution in [-0.2, 0) is 13.5 Å². The van der Waals surface area contributed by atoms with Crippen molar-refractivity contribution in [1.29, 1.82) is 0 Å². The van der Waals surface area contributed by atoms with Gasteiger partial charge in [0.15, 0.2) is 5.82 Å². The molecule has 0 aliphatic carbocycles. The van der Waals surface area contributed by atoms with Gasteiger partial charge >= 0.3 is 6.03 Å². The number of pyridine rings is 1. The second kappa shape index (κ2) is 7.42. The van der Waals surface area contributed by atoms with Crippen LogP contribution in [0.2, 0.25) is 0 Å². The number of hydrogen-bond donors (Lipinski definition) is 1. The molecule has 2 amide bonds. The van der Waals surface area contributed by atoms with Gasteiger partial charge in [0.2, 0.25) is 0 Å². The molecule has 1 aliphatic rings. The van der Waals surface area contributed by atoms with Gasteiger partial charge in [-0.2, -0.15) is 0 Å². The first-order chi connectivity index (χ1) is 11.6. The van der Waals surface area contributed by atoms with E-state index in [1.54, 1.807) is 12.5 Å². The van der Waals surface area contributed by atoms with Crippen molar-refractivity contribution in [3.63, 3.8) is 0 Å². The Morgan fingerprint density at radius 3 is 2.83 bits per heavy atom. The molecule has 1 fully saturated rings. The first-order valence-corrected chi connectivity index (χ1v) is 8.41. The number of nitrogens with zero attached hydrogens (tertiary/aromatic N) is 5. The van der Waals surface area contributed by atoms with Gasteiger partial charge in [0.25, 0.3) is 0 Å². The molecule has 24 heavy (non-hydrogen) atoms. The maximum atomic E-state index is 12.4. The van der Waals surface area contributed by atoms with E-state index >= 15 is 0 Å². The molecule has 3 rings (SSSR count). The molecule has 7 heteroatoms. The topological polar surface area (TPSA) is 75.9 Å². The fourth-order valence-corrected chi connectivity index (χ4v) is 3.22. The highest BCUT2D eigenvalue weighted by Crippen LogP contribution is 2.21. The summed E-state index contributed by atoms with van der Waals surface area (Å²) < 4.78 is 1.82. The summed E-state index contributed by atoms with van der Waals surface area (Å²) in [7, 11) is 1.88. The van der Waals surface area contributed by atoms with E-state index in [0.29, 0.717) is 5.92 Å². The molecule has 3 heterocycles. The standard InChI is InChI=1S/C17H24N6O/c1-13(16-21-19-12-22(16)2)20-17(24)23-8-5-14(6-9-23)10-15-4-3-7-18-11-15/h3-4,7,11-14H,5-6,8-10H2,1-2H3,(H,20,24)/t13-/m1/s1. The van der Waals surface area contributed by atoms with Gasteiger partial charge in [0.05, 0.1) is 6.04 Å². The summed E-state index contributed by atoms with van der Waals surface area (Å²) in [5.41, 5.74) is 1.27. The monoisotopic (exact) mass is 328 g/mol. The van der Waals surface area contributed by atoms with Crippen molar-refractivity contribution in [2.24, 2.45) is 13.0 Å². The number of amides is 2. The zero-order chi connectivity index (χ0) is 16.9. The van der Waals surface area contributed by atoms with Crippen molar-refractivity contribution < 1.29 is 4.79 Å². The Bertz CT molecular complexity index is 663. The summed E-state index contributed by atoms with van der Waals surface area (Å²) in [5, 5.41) is 10.9. The summed E-state index contributed by atoms with van der Waals surface area (Å²) in [5.74, 6) is 1.38. The lowest BCUT2D eigenvalue weighted by molar-refractivity contribution is 0.167. The highest BCUT2D eigenvalue weighted by Gasteiger charge is 2.24. The lowest BCUT2D eigenvalue weighted by atomic mass is 9.91. The lowest BCUT2D eigenvalue weighted by Crippen LogP contribution is -2.45. The van der Waals surface area contributed by atoms with Crippen molar-refractivity contribution in [3.8, 4) is 0 Å². The molecule has 1 aliphatic heterocycles. The smallest absolute Gasteiger partial charge is 0.317 e. The minimum atomic E-state index is -0.155. The Morgan fingerprint density at radius 1 is 1.42 bits per heavy atom. The van der Waals surface area contributed by atoms with Crippen LogP contribution in [0.15, 0.2) is 30.9 Å². The molecule has 7 nitrogen and oxygen atoms in total. The zero-order valence-corrected chi connectivity index (χ0v) is 14.2. The molecule has 0 saturated carbocycles. The Morgan fingerprint density at radius 2 is 2.21 bits per heavy atom. The highest BCUT2D eigenvalue weighted by molar-refractivity contribution is 5.74. The van der Waals surface area contributed by atoms with E-state index in [-0.39, 0.29) is 12.1 Å². The number of nitrogens with one attached hydrogen (secondary N) is 1. The van der Waals surface area contributed by atoms with E-state index in [0.717, 1.165) is 38.2 Å². The zero-order valence-electron chi connectivity index (χ0n) is 14.2. The van der Waals surface area contributed by atoms with Gasteiger partial charge < -0.3 is 14.8 Å². The van der Waals surface area contributed by atoms with Crippen LogP contribution in [0.3, 0.4) is 0 Å². The predicted octanol–water partition coefficient (Wildman–Crippen LogP) is 1.94. The maximum absolute atomic E-state index is 12.4. The van der Waals surface area contributed by atoms with E-state index in [1.807, 2.05) is 35.7 Å². The number of urea groups is 1. The van der Waals surface area contributed by atoms with Gasteiger partial charge in [-0.25, -0.2) is 4.79 Å². The van der Waals surface area contributed by atoms with E-state index in [2.05, 4.69) is 26.6 Å². The molecule has 128 valence electrons. The maximum Gasteiger partial charge on any atom is 0.317 e. The fourth-order valence-electron chi connectivity index (χ4n) is 3.22. The van der Waals surface area contributed by atoms with E-state index in [9.17, 15) is 4.79 Å². The SMILES string of the molecule is C[C@@H](NC(=O)N1CCC(Cc2cccnc2)CC1)c1nncn1C. The molecule has 1 atom stereocenters. The van der Waals surface area contributed by atoms with Crippen molar-refractivity contribution in [2.75, 3.05) is 13.1 Å². The van der Waals surface area contributed by atoms with Crippen LogP contribution in [0.25, 0.3) is 0 Å². The molecule has 2 aromatic rings. The third-order valence-corrected chi connectivity index (χ3v) is 4.62. The first kappa shape index (κ1) is 16.4. The number of carbonyl (C=O) groups excluding carboxylic acids is 1. The Balaban J connectivity index is 1.47. The molecular weight excluding hydrogens is 304 g/mol. The largest absolute Gasteiger partial charge is 0.328 e. The highest BCUT2D eigenvalue weighted by atomic mass is 16.2. The minimum absolute atomic E-state index is 0.0228. The molecule has 0 radical (unpaired) electrons. The van der Waals surface area contributed by atoms with Gasteiger partial charge in [0, 0.05) is 32.5 Å². The Kier molecular flexibility index (Phi) is 5.08. The van der Waals surface area contributed by atoms with Crippen molar-refractivity contribution in [1.82, 2.24) is 30.0 Å². The molecule has 0 unspecified atom stereocenters. The number of piperidine rings is 1. The number of carbonyl (C=O) groups is 1. The van der Waals surface area contributed by atoms with Crippen LogP contribution in [0, 0.1) is 5.92 Å². The summed E-state index contributed by atoms with van der Waals surface area (Å²) in [6.45, 7) is 3.52. The van der Waals surface area contributed by atoms with Gasteiger partial charge in [0.1, 0.15) is 6.33 Å². The lowest BCUT2D eigenvalue weighted by Gasteiger charge is -2.32. The number of aromatic nitrogens is 4. The van der Waals surface area contributed by atoms with E-state index in [1.165, 1.54) is 5.56 Å². The quantitative estimate of drug-likeness (QED) is 0.930. The van der Waals surface area contributed by atoms with Gasteiger partial charge in [-0.05, 0) is 43.7 Å². The molecule has 0 aromatic carbocycles. The molecule has 2 aromatic heterocycles. The number of likely N-dealkylation sites (tertiary alicyclic amines) is 1. The summed E-state index contributed by atoms with van der Waals surface area (Å²) in [6, 6.07) is 3.92. The second-order valence-electron chi connectivity index (χ2n) is 6.47. The van der Waals surface area contributed by atoms with Crippen molar-refractivity contribution >= 4 is 6.03 Å². The van der Waals surface area contributed by atoms with Gasteiger partial charge in [-0.3, -0.25) is 4.98 Å². The fraction of sp³-hybridized carbons (Fsp3) is 0.529. The number of aryl methyl sites for hydroxylation is 1. The van der Waals surface area contributed by atoms with Crippen LogP contribution in [0.1, 0.15) is 37.2 Å². The van der Waals surface area contributed by atoms with Crippen LogP contribution in [-0.4, -0.2) is 43.8 Å². The van der Waals surface area contributed by atoms with Crippen LogP contribution >= 0.6 is 0 Å². The van der Waals surface area contributed by atoms with E-state index in [4.69, 9.17) is 0 Å². The first-order valence-electron chi connectivity index (χ1n) is 8.41.